The van der Waals surface area contributed by atoms with Gasteiger partial charge in [-0.25, -0.2) is 4.39 Å². The number of benzene rings is 1. The lowest BCUT2D eigenvalue weighted by atomic mass is 10.2. The molecule has 0 unspecified atom stereocenters. The van der Waals surface area contributed by atoms with Gasteiger partial charge < -0.3 is 4.74 Å². The Balaban J connectivity index is 2.88. The largest absolute Gasteiger partial charge is 0.484 e. The maximum absolute atomic E-state index is 13.2. The summed E-state index contributed by atoms with van der Waals surface area (Å²) >= 11 is 10.9. The molecule has 0 saturated heterocycles. The summed E-state index contributed by atoms with van der Waals surface area (Å²) in [7, 11) is 0. The highest BCUT2D eigenvalue weighted by molar-refractivity contribution is 6.36. The van der Waals surface area contributed by atoms with Crippen LogP contribution in [0.3, 0.4) is 0 Å². The number of carbonyl (C=O) groups excluding carboxylic acids is 1. The topological polar surface area (TPSA) is 26.3 Å². The van der Waals surface area contributed by atoms with Crippen LogP contribution in [0.1, 0.15) is 10.4 Å². The maximum atomic E-state index is 13.2. The number of rotatable bonds is 4. The Morgan fingerprint density at radius 1 is 1.53 bits per heavy atom. The summed E-state index contributed by atoms with van der Waals surface area (Å²) < 4.78 is 18.2. The molecule has 80 valence electrons. The minimum absolute atomic E-state index is 0.0766. The molecule has 0 heterocycles. The van der Waals surface area contributed by atoms with Crippen molar-refractivity contribution in [2.45, 2.75) is 0 Å². The number of halogens is 3. The molecular formula is C10H7Cl2FO2. The molecule has 2 nitrogen and oxygen atoms in total. The van der Waals surface area contributed by atoms with Crippen molar-refractivity contribution >= 4 is 29.5 Å². The van der Waals surface area contributed by atoms with Gasteiger partial charge in [-0.05, 0) is 12.1 Å². The van der Waals surface area contributed by atoms with Crippen molar-refractivity contribution in [2.24, 2.45) is 0 Å². The van der Waals surface area contributed by atoms with Crippen LogP contribution >= 0.6 is 23.2 Å². The maximum Gasteiger partial charge on any atom is 0.165 e. The van der Waals surface area contributed by atoms with E-state index in [4.69, 9.17) is 27.9 Å². The van der Waals surface area contributed by atoms with E-state index >= 15 is 0 Å². The van der Waals surface area contributed by atoms with Gasteiger partial charge >= 0.3 is 0 Å². The predicted octanol–water partition coefficient (Wildman–Crippen LogP) is 3.34. The third kappa shape index (κ3) is 3.22. The van der Waals surface area contributed by atoms with E-state index in [0.29, 0.717) is 6.29 Å². The predicted molar refractivity (Wildman–Crippen MR) is 57.1 cm³/mol. The summed E-state index contributed by atoms with van der Waals surface area (Å²) in [5.41, 5.74) is 1.25. The van der Waals surface area contributed by atoms with Gasteiger partial charge in [0.15, 0.2) is 17.9 Å². The van der Waals surface area contributed by atoms with E-state index in [1.807, 2.05) is 0 Å². The first kappa shape index (κ1) is 12.0. The first-order valence-electron chi connectivity index (χ1n) is 4.00. The Morgan fingerprint density at radius 3 is 2.87 bits per heavy atom. The third-order valence-corrected chi connectivity index (χ3v) is 2.19. The molecule has 0 saturated carbocycles. The van der Waals surface area contributed by atoms with Gasteiger partial charge in [-0.1, -0.05) is 29.3 Å². The van der Waals surface area contributed by atoms with Gasteiger partial charge in [0.05, 0.1) is 10.6 Å². The fourth-order valence-corrected chi connectivity index (χ4v) is 1.06. The zero-order chi connectivity index (χ0) is 11.3. The number of hydrogen-bond acceptors (Lipinski definition) is 2. The fourth-order valence-electron chi connectivity index (χ4n) is 0.943. The van der Waals surface area contributed by atoms with Gasteiger partial charge in [0.25, 0.3) is 0 Å². The van der Waals surface area contributed by atoms with Gasteiger partial charge in [0.2, 0.25) is 0 Å². The molecule has 1 rings (SSSR count). The van der Waals surface area contributed by atoms with E-state index in [-0.39, 0.29) is 23.0 Å². The second-order valence-electron chi connectivity index (χ2n) is 2.62. The SMILES string of the molecule is O=Cc1cccc(F)c1OC/C(Cl)=C/Cl. The molecule has 0 aliphatic heterocycles. The van der Waals surface area contributed by atoms with Crippen molar-refractivity contribution in [3.63, 3.8) is 0 Å². The average molecular weight is 249 g/mol. The Labute approximate surface area is 96.2 Å². The molecule has 0 fully saturated rings. The van der Waals surface area contributed by atoms with Crippen molar-refractivity contribution in [1.29, 1.82) is 0 Å². The lowest BCUT2D eigenvalue weighted by Gasteiger charge is -2.07. The zero-order valence-corrected chi connectivity index (χ0v) is 9.06. The fraction of sp³-hybridized carbons (Fsp3) is 0.100. The van der Waals surface area contributed by atoms with Crippen LogP contribution < -0.4 is 4.74 Å². The molecular weight excluding hydrogens is 242 g/mol. The molecule has 1 aromatic rings. The van der Waals surface area contributed by atoms with E-state index in [2.05, 4.69) is 0 Å². The zero-order valence-electron chi connectivity index (χ0n) is 7.54. The van der Waals surface area contributed by atoms with Crippen molar-refractivity contribution in [1.82, 2.24) is 0 Å². The number of ether oxygens (including phenoxy) is 1. The minimum atomic E-state index is -0.612. The van der Waals surface area contributed by atoms with E-state index in [1.165, 1.54) is 18.2 Å². The summed E-state index contributed by atoms with van der Waals surface area (Å²) in [5, 5.41) is 0.219. The second-order valence-corrected chi connectivity index (χ2v) is 3.32. The normalized spacial score (nSPS) is 11.3. The van der Waals surface area contributed by atoms with Crippen molar-refractivity contribution in [3.8, 4) is 5.75 Å². The van der Waals surface area contributed by atoms with Crippen LogP contribution in [0.25, 0.3) is 0 Å². The highest BCUT2D eigenvalue weighted by atomic mass is 35.5. The third-order valence-electron chi connectivity index (χ3n) is 1.60. The minimum Gasteiger partial charge on any atom is -0.484 e. The molecule has 0 aromatic heterocycles. The molecule has 0 bridgehead atoms. The average Bonchev–Trinajstić information content (AvgIpc) is 2.26. The molecule has 1 aromatic carbocycles. The smallest absolute Gasteiger partial charge is 0.165 e. The van der Waals surface area contributed by atoms with Gasteiger partial charge in [-0.3, -0.25) is 4.79 Å². The standard InChI is InChI=1S/C10H7Cl2FO2/c11-4-8(12)6-15-10-7(5-14)2-1-3-9(10)13/h1-5H,6H2/b8-4-. The van der Waals surface area contributed by atoms with Crippen molar-refractivity contribution in [2.75, 3.05) is 6.61 Å². The number of hydrogen-bond donors (Lipinski definition) is 0. The molecule has 0 aliphatic rings. The lowest BCUT2D eigenvalue weighted by molar-refractivity contribution is 0.111. The monoisotopic (exact) mass is 248 g/mol. The number of para-hydroxylation sites is 1. The van der Waals surface area contributed by atoms with E-state index in [1.54, 1.807) is 0 Å². The molecule has 0 radical (unpaired) electrons. The molecule has 0 aliphatic carbocycles. The summed E-state index contributed by atoms with van der Waals surface area (Å²) in [4.78, 5) is 10.6. The van der Waals surface area contributed by atoms with Crippen LogP contribution in [-0.2, 0) is 0 Å². The number of carbonyl (C=O) groups is 1. The summed E-state index contributed by atoms with van der Waals surface area (Å²) in [6.45, 7) is -0.0766. The van der Waals surface area contributed by atoms with Gasteiger partial charge in [-0.15, -0.1) is 0 Å². The molecule has 0 spiro atoms. The first-order valence-corrected chi connectivity index (χ1v) is 4.81. The molecule has 0 amide bonds. The van der Waals surface area contributed by atoms with Gasteiger partial charge in [0.1, 0.15) is 6.61 Å². The quantitative estimate of drug-likeness (QED) is 0.765. The van der Waals surface area contributed by atoms with E-state index < -0.39 is 5.82 Å². The van der Waals surface area contributed by atoms with Gasteiger partial charge in [-0.2, -0.15) is 0 Å². The Hall–Kier alpha value is -1.06. The molecule has 5 heteroatoms. The Bertz CT molecular complexity index is 391. The highest BCUT2D eigenvalue weighted by Crippen LogP contribution is 2.22. The van der Waals surface area contributed by atoms with Crippen LogP contribution in [0, 0.1) is 5.82 Å². The van der Waals surface area contributed by atoms with Crippen molar-refractivity contribution < 1.29 is 13.9 Å². The Morgan fingerprint density at radius 2 is 2.27 bits per heavy atom. The highest BCUT2D eigenvalue weighted by Gasteiger charge is 2.09. The number of aldehydes is 1. The Kier molecular flexibility index (Phi) is 4.59. The van der Waals surface area contributed by atoms with Gasteiger partial charge in [0, 0.05) is 5.54 Å². The summed E-state index contributed by atoms with van der Waals surface area (Å²) in [6.07, 6.45) is 0.511. The van der Waals surface area contributed by atoms with E-state index in [0.717, 1.165) is 5.54 Å². The van der Waals surface area contributed by atoms with Crippen LogP contribution in [0.15, 0.2) is 28.8 Å². The van der Waals surface area contributed by atoms with Crippen molar-refractivity contribution in [3.05, 3.63) is 40.1 Å². The lowest BCUT2D eigenvalue weighted by Crippen LogP contribution is -2.02. The second kappa shape index (κ2) is 5.73. The molecule has 15 heavy (non-hydrogen) atoms. The van der Waals surface area contributed by atoms with E-state index in [9.17, 15) is 9.18 Å². The van der Waals surface area contributed by atoms with Crippen LogP contribution in [-0.4, -0.2) is 12.9 Å². The molecule has 0 atom stereocenters. The summed E-state index contributed by atoms with van der Waals surface area (Å²) in [6, 6.07) is 4.06. The first-order chi connectivity index (χ1) is 7.19. The van der Waals surface area contributed by atoms with Crippen LogP contribution in [0.5, 0.6) is 5.75 Å². The summed E-state index contributed by atoms with van der Waals surface area (Å²) in [5.74, 6) is -0.734. The van der Waals surface area contributed by atoms with Crippen LogP contribution in [0.2, 0.25) is 0 Å². The van der Waals surface area contributed by atoms with Crippen LogP contribution in [0.4, 0.5) is 4.39 Å². The molecule has 0 N–H and O–H groups in total.